The molecule has 3 rings (SSSR count). The molecule has 1 amide bonds. The van der Waals surface area contributed by atoms with E-state index in [-0.39, 0.29) is 18.6 Å². The van der Waals surface area contributed by atoms with Gasteiger partial charge in [-0.3, -0.25) is 14.4 Å². The Labute approximate surface area is 177 Å². The molecule has 1 atom stereocenters. The van der Waals surface area contributed by atoms with Gasteiger partial charge in [0.2, 0.25) is 0 Å². The number of nitrogens with zero attached hydrogens (tertiary/aromatic N) is 3. The summed E-state index contributed by atoms with van der Waals surface area (Å²) < 4.78 is 46.1. The Kier molecular flexibility index (Phi) is 6.87. The van der Waals surface area contributed by atoms with Crippen molar-refractivity contribution in [2.75, 3.05) is 13.2 Å². The molecule has 0 spiro atoms. The number of aromatic nitrogens is 2. The molecule has 3 heterocycles. The van der Waals surface area contributed by atoms with Crippen LogP contribution in [-0.2, 0) is 29.3 Å². The number of piperidine rings is 1. The number of hydrogen-bond acceptors (Lipinski definition) is 4. The number of carbonyl (C=O) groups excluding carboxylic acids is 2. The summed E-state index contributed by atoms with van der Waals surface area (Å²) in [5.74, 6) is -0.892. The molecule has 0 radical (unpaired) electrons. The lowest BCUT2D eigenvalue weighted by molar-refractivity contribution is -0.146. The van der Waals surface area contributed by atoms with Crippen LogP contribution >= 0.6 is 0 Å². The van der Waals surface area contributed by atoms with Crippen LogP contribution in [-0.4, -0.2) is 45.1 Å². The molecule has 7 nitrogen and oxygen atoms in total. The predicted molar refractivity (Wildman–Crippen MR) is 105 cm³/mol. The van der Waals surface area contributed by atoms with Gasteiger partial charge in [0.05, 0.1) is 6.61 Å². The van der Waals surface area contributed by atoms with Gasteiger partial charge in [-0.1, -0.05) is 0 Å². The summed E-state index contributed by atoms with van der Waals surface area (Å²) in [6.45, 7) is 0.00972. The molecule has 0 bridgehead atoms. The van der Waals surface area contributed by atoms with E-state index in [4.69, 9.17) is 4.74 Å². The van der Waals surface area contributed by atoms with Gasteiger partial charge < -0.3 is 18.8 Å². The van der Waals surface area contributed by atoms with E-state index in [1.807, 2.05) is 0 Å². The molecule has 168 valence electrons. The van der Waals surface area contributed by atoms with E-state index in [0.29, 0.717) is 29.3 Å². The summed E-state index contributed by atoms with van der Waals surface area (Å²) in [5, 5.41) is 0. The van der Waals surface area contributed by atoms with Crippen LogP contribution in [0.4, 0.5) is 13.2 Å². The molecule has 0 saturated carbocycles. The van der Waals surface area contributed by atoms with Crippen LogP contribution in [0.25, 0.3) is 0 Å². The average Bonchev–Trinajstić information content (AvgIpc) is 3.14. The SMILES string of the molecule is Cn1cccc1C(=O)N1CCCCC1CCOC(=O)Cn1cccc(C(F)(F)F)c1=O. The van der Waals surface area contributed by atoms with Crippen LogP contribution in [0.3, 0.4) is 0 Å². The molecule has 0 N–H and O–H groups in total. The molecule has 1 fully saturated rings. The van der Waals surface area contributed by atoms with Crippen LogP contribution < -0.4 is 5.56 Å². The third-order valence-corrected chi connectivity index (χ3v) is 5.39. The molecule has 1 saturated heterocycles. The zero-order chi connectivity index (χ0) is 22.6. The minimum Gasteiger partial charge on any atom is -0.464 e. The van der Waals surface area contributed by atoms with E-state index >= 15 is 0 Å². The van der Waals surface area contributed by atoms with Gasteiger partial charge in [0.1, 0.15) is 17.8 Å². The number of halogens is 3. The molecular formula is C21H24F3N3O4. The molecule has 2 aromatic heterocycles. The minimum absolute atomic E-state index is 0.00806. The Balaban J connectivity index is 1.57. The first-order valence-electron chi connectivity index (χ1n) is 10.0. The Morgan fingerprint density at radius 1 is 1.16 bits per heavy atom. The topological polar surface area (TPSA) is 73.5 Å². The number of aryl methyl sites for hydroxylation is 1. The second kappa shape index (κ2) is 9.40. The highest BCUT2D eigenvalue weighted by molar-refractivity contribution is 5.93. The Bertz CT molecular complexity index is 996. The summed E-state index contributed by atoms with van der Waals surface area (Å²) >= 11 is 0. The number of amides is 1. The van der Waals surface area contributed by atoms with Gasteiger partial charge in [-0.05, 0) is 43.5 Å². The van der Waals surface area contributed by atoms with E-state index in [2.05, 4.69) is 0 Å². The van der Waals surface area contributed by atoms with E-state index < -0.39 is 29.8 Å². The van der Waals surface area contributed by atoms with Gasteiger partial charge >= 0.3 is 12.1 Å². The summed E-state index contributed by atoms with van der Waals surface area (Å²) in [6, 6.07) is 5.18. The summed E-state index contributed by atoms with van der Waals surface area (Å²) in [6.07, 6.45) is 1.16. The van der Waals surface area contributed by atoms with Crippen LogP contribution in [0.5, 0.6) is 0 Å². The van der Waals surface area contributed by atoms with Crippen LogP contribution in [0.1, 0.15) is 41.7 Å². The van der Waals surface area contributed by atoms with Gasteiger partial charge in [-0.25, -0.2) is 0 Å². The number of esters is 1. The van der Waals surface area contributed by atoms with Crippen LogP contribution in [0.15, 0.2) is 41.5 Å². The molecule has 0 aromatic carbocycles. The van der Waals surface area contributed by atoms with Crippen molar-refractivity contribution in [1.29, 1.82) is 0 Å². The molecule has 10 heteroatoms. The first-order chi connectivity index (χ1) is 14.7. The predicted octanol–water partition coefficient (Wildman–Crippen LogP) is 2.83. The van der Waals surface area contributed by atoms with Gasteiger partial charge in [0.15, 0.2) is 0 Å². The highest BCUT2D eigenvalue weighted by Crippen LogP contribution is 2.26. The molecule has 1 aliphatic heterocycles. The number of rotatable bonds is 6. The molecular weight excluding hydrogens is 415 g/mol. The van der Waals surface area contributed by atoms with Crippen molar-refractivity contribution in [2.45, 2.75) is 44.4 Å². The zero-order valence-corrected chi connectivity index (χ0v) is 17.1. The first-order valence-corrected chi connectivity index (χ1v) is 10.0. The Morgan fingerprint density at radius 2 is 1.90 bits per heavy atom. The van der Waals surface area contributed by atoms with E-state index in [1.54, 1.807) is 34.8 Å². The van der Waals surface area contributed by atoms with E-state index in [1.165, 1.54) is 0 Å². The zero-order valence-electron chi connectivity index (χ0n) is 17.1. The highest BCUT2D eigenvalue weighted by Gasteiger charge is 2.34. The second-order valence-corrected chi connectivity index (χ2v) is 7.51. The van der Waals surface area contributed by atoms with Crippen LogP contribution in [0, 0.1) is 0 Å². The first kappa shape index (κ1) is 22.6. The fourth-order valence-corrected chi connectivity index (χ4v) is 3.77. The summed E-state index contributed by atoms with van der Waals surface area (Å²) in [5.41, 5.74) is -2.05. The number of pyridine rings is 1. The monoisotopic (exact) mass is 439 g/mol. The largest absolute Gasteiger partial charge is 0.464 e. The highest BCUT2D eigenvalue weighted by atomic mass is 19.4. The molecule has 31 heavy (non-hydrogen) atoms. The number of alkyl halides is 3. The van der Waals surface area contributed by atoms with Crippen molar-refractivity contribution in [3.05, 3.63) is 58.3 Å². The third kappa shape index (κ3) is 5.36. The lowest BCUT2D eigenvalue weighted by Gasteiger charge is -2.35. The Morgan fingerprint density at radius 3 is 2.58 bits per heavy atom. The maximum Gasteiger partial charge on any atom is 0.421 e. The van der Waals surface area contributed by atoms with Gasteiger partial charge in [-0.15, -0.1) is 0 Å². The Hall–Kier alpha value is -3.04. The minimum atomic E-state index is -4.79. The number of carbonyl (C=O) groups is 2. The van der Waals surface area contributed by atoms with Crippen LogP contribution in [0.2, 0.25) is 0 Å². The lowest BCUT2D eigenvalue weighted by Crippen LogP contribution is -2.45. The van der Waals surface area contributed by atoms with Crippen molar-refractivity contribution < 1.29 is 27.5 Å². The second-order valence-electron chi connectivity index (χ2n) is 7.51. The van der Waals surface area contributed by atoms with Crippen molar-refractivity contribution in [3.8, 4) is 0 Å². The molecule has 1 aliphatic rings. The molecule has 1 unspecified atom stereocenters. The van der Waals surface area contributed by atoms with Crippen molar-refractivity contribution in [3.63, 3.8) is 0 Å². The maximum absolute atomic E-state index is 12.8. The number of hydrogen-bond donors (Lipinski definition) is 0. The quantitative estimate of drug-likeness (QED) is 0.649. The fraction of sp³-hybridized carbons (Fsp3) is 0.476. The van der Waals surface area contributed by atoms with E-state index in [0.717, 1.165) is 31.5 Å². The summed E-state index contributed by atoms with van der Waals surface area (Å²) in [4.78, 5) is 38.6. The smallest absolute Gasteiger partial charge is 0.421 e. The third-order valence-electron chi connectivity index (χ3n) is 5.39. The normalized spacial score (nSPS) is 16.9. The van der Waals surface area contributed by atoms with Gasteiger partial charge in [0.25, 0.3) is 11.5 Å². The van der Waals surface area contributed by atoms with Crippen molar-refractivity contribution >= 4 is 11.9 Å². The average molecular weight is 439 g/mol. The number of likely N-dealkylation sites (tertiary alicyclic amines) is 1. The molecule has 2 aromatic rings. The van der Waals surface area contributed by atoms with Gasteiger partial charge in [0, 0.05) is 38.4 Å². The van der Waals surface area contributed by atoms with Crippen molar-refractivity contribution in [1.82, 2.24) is 14.0 Å². The molecule has 0 aliphatic carbocycles. The lowest BCUT2D eigenvalue weighted by atomic mass is 9.99. The van der Waals surface area contributed by atoms with E-state index in [9.17, 15) is 27.6 Å². The number of ether oxygens (including phenoxy) is 1. The van der Waals surface area contributed by atoms with Crippen molar-refractivity contribution in [2.24, 2.45) is 7.05 Å². The standard InChI is InChI=1S/C21H24F3N3O4/c1-25-10-5-8-17(25)20(30)27-12-3-2-6-15(27)9-13-31-18(28)14-26-11-4-7-16(19(26)29)21(22,23)24/h4-5,7-8,10-11,15H,2-3,6,9,12-14H2,1H3. The fourth-order valence-electron chi connectivity index (χ4n) is 3.77. The van der Waals surface area contributed by atoms with Gasteiger partial charge in [-0.2, -0.15) is 13.2 Å². The summed E-state index contributed by atoms with van der Waals surface area (Å²) in [7, 11) is 1.80. The maximum atomic E-state index is 12.8.